The van der Waals surface area contributed by atoms with E-state index in [1.54, 1.807) is 7.05 Å². The molecule has 1 fully saturated rings. The number of morpholine rings is 1. The van der Waals surface area contributed by atoms with E-state index < -0.39 is 0 Å². The van der Waals surface area contributed by atoms with Crippen molar-refractivity contribution in [3.8, 4) is 0 Å². The first-order chi connectivity index (χ1) is 13.1. The van der Waals surface area contributed by atoms with Gasteiger partial charge in [0, 0.05) is 57.8 Å². The van der Waals surface area contributed by atoms with Crippen LogP contribution in [0.1, 0.15) is 44.0 Å². The lowest BCUT2D eigenvalue weighted by Gasteiger charge is -2.27. The summed E-state index contributed by atoms with van der Waals surface area (Å²) in [7, 11) is 1.76. The molecule has 1 amide bonds. The first kappa shape index (κ1) is 19.7. The van der Waals surface area contributed by atoms with E-state index in [0.717, 1.165) is 25.2 Å². The number of aliphatic imine (C=N–C) groups is 1. The number of nitrogens with one attached hydrogen (secondary N) is 2. The average Bonchev–Trinajstić information content (AvgIpc) is 3.11. The molecular formula is C19H32N6O2. The van der Waals surface area contributed by atoms with Crippen LogP contribution in [0, 0.1) is 0 Å². The molecule has 8 nitrogen and oxygen atoms in total. The number of amides is 1. The lowest BCUT2D eigenvalue weighted by atomic mass is 9.94. The molecule has 1 atom stereocenters. The number of hydrogen-bond acceptors (Lipinski definition) is 4. The molecule has 1 aromatic rings. The molecule has 0 aromatic carbocycles. The molecule has 1 saturated heterocycles. The average molecular weight is 377 g/mol. The topological polar surface area (TPSA) is 83.8 Å². The first-order valence-corrected chi connectivity index (χ1v) is 9.96. The molecule has 1 unspecified atom stereocenters. The minimum absolute atomic E-state index is 0.169. The number of guanidine groups is 1. The Hall–Kier alpha value is -2.09. The molecule has 2 aliphatic rings. The molecule has 1 aliphatic carbocycles. The van der Waals surface area contributed by atoms with Crippen LogP contribution < -0.4 is 10.6 Å². The van der Waals surface area contributed by atoms with Gasteiger partial charge in [0.2, 0.25) is 5.91 Å². The minimum Gasteiger partial charge on any atom is -0.378 e. The van der Waals surface area contributed by atoms with Crippen LogP contribution in [0.15, 0.2) is 11.2 Å². The number of ether oxygens (including phenoxy) is 1. The van der Waals surface area contributed by atoms with Gasteiger partial charge in [-0.3, -0.25) is 14.5 Å². The van der Waals surface area contributed by atoms with Crippen molar-refractivity contribution in [1.29, 1.82) is 0 Å². The molecule has 0 saturated carbocycles. The Bertz CT molecular complexity index is 663. The van der Waals surface area contributed by atoms with Crippen molar-refractivity contribution in [1.82, 2.24) is 25.3 Å². The minimum atomic E-state index is 0.169. The highest BCUT2D eigenvalue weighted by Gasteiger charge is 2.23. The molecule has 0 radical (unpaired) electrons. The predicted molar refractivity (Wildman–Crippen MR) is 105 cm³/mol. The lowest BCUT2D eigenvalue weighted by molar-refractivity contribution is -0.135. The molecule has 2 N–H and O–H groups in total. The number of nitrogens with zero attached hydrogens (tertiary/aromatic N) is 4. The van der Waals surface area contributed by atoms with Crippen LogP contribution >= 0.6 is 0 Å². The first-order valence-electron chi connectivity index (χ1n) is 9.96. The maximum absolute atomic E-state index is 12.2. The summed E-state index contributed by atoms with van der Waals surface area (Å²) in [6.45, 7) is 7.54. The number of hydrogen-bond donors (Lipinski definition) is 2. The molecule has 1 aliphatic heterocycles. The van der Waals surface area contributed by atoms with E-state index in [1.165, 1.54) is 11.3 Å². The van der Waals surface area contributed by atoms with E-state index in [4.69, 9.17) is 9.84 Å². The fraction of sp³-hybridized carbons (Fsp3) is 0.737. The molecule has 27 heavy (non-hydrogen) atoms. The lowest BCUT2D eigenvalue weighted by Crippen LogP contribution is -2.47. The van der Waals surface area contributed by atoms with E-state index >= 15 is 0 Å². The highest BCUT2D eigenvalue weighted by molar-refractivity contribution is 5.81. The summed E-state index contributed by atoms with van der Waals surface area (Å²) in [5, 5.41) is 11.5. The summed E-state index contributed by atoms with van der Waals surface area (Å²) in [4.78, 5) is 18.4. The second-order valence-corrected chi connectivity index (χ2v) is 7.50. The van der Waals surface area contributed by atoms with E-state index in [0.29, 0.717) is 51.4 Å². The molecule has 0 spiro atoms. The van der Waals surface area contributed by atoms with Crippen LogP contribution in [0.25, 0.3) is 0 Å². The maximum atomic E-state index is 12.2. The normalized spacial score (nSPS) is 20.5. The van der Waals surface area contributed by atoms with Gasteiger partial charge in [0.15, 0.2) is 5.96 Å². The molecule has 3 rings (SSSR count). The monoisotopic (exact) mass is 376 g/mol. The summed E-state index contributed by atoms with van der Waals surface area (Å²) in [6, 6.07) is 0.703. The fourth-order valence-corrected chi connectivity index (χ4v) is 3.55. The van der Waals surface area contributed by atoms with E-state index in [-0.39, 0.29) is 5.91 Å². The van der Waals surface area contributed by atoms with Gasteiger partial charge < -0.3 is 20.3 Å². The van der Waals surface area contributed by atoms with Crippen LogP contribution in [0.5, 0.6) is 0 Å². The highest BCUT2D eigenvalue weighted by atomic mass is 16.5. The third kappa shape index (κ3) is 5.22. The second kappa shape index (κ2) is 9.21. The Morgan fingerprint density at radius 1 is 1.41 bits per heavy atom. The Morgan fingerprint density at radius 3 is 2.89 bits per heavy atom. The highest BCUT2D eigenvalue weighted by Crippen LogP contribution is 2.21. The summed E-state index contributed by atoms with van der Waals surface area (Å²) < 4.78 is 7.34. The quantitative estimate of drug-likeness (QED) is 0.585. The smallest absolute Gasteiger partial charge is 0.224 e. The zero-order valence-electron chi connectivity index (χ0n) is 16.7. The maximum Gasteiger partial charge on any atom is 0.224 e. The Balaban J connectivity index is 1.44. The van der Waals surface area contributed by atoms with Gasteiger partial charge in [0.05, 0.1) is 18.9 Å². The predicted octanol–water partition coefficient (Wildman–Crippen LogP) is 0.735. The largest absolute Gasteiger partial charge is 0.378 e. The van der Waals surface area contributed by atoms with Gasteiger partial charge >= 0.3 is 0 Å². The van der Waals surface area contributed by atoms with Gasteiger partial charge in [-0.2, -0.15) is 5.10 Å². The van der Waals surface area contributed by atoms with Crippen LogP contribution in [0.2, 0.25) is 0 Å². The number of aryl methyl sites for hydroxylation is 1. The van der Waals surface area contributed by atoms with Crippen LogP contribution in [-0.4, -0.2) is 72.5 Å². The van der Waals surface area contributed by atoms with Crippen molar-refractivity contribution < 1.29 is 9.53 Å². The molecule has 0 bridgehead atoms. The fourth-order valence-electron chi connectivity index (χ4n) is 3.55. The Kier molecular flexibility index (Phi) is 6.71. The van der Waals surface area contributed by atoms with Crippen LogP contribution in [0.3, 0.4) is 0 Å². The molecule has 2 heterocycles. The number of carbonyl (C=O) groups excluding carboxylic acids is 1. The van der Waals surface area contributed by atoms with Gasteiger partial charge in [-0.05, 0) is 32.3 Å². The zero-order chi connectivity index (χ0) is 19.2. The number of carbonyl (C=O) groups is 1. The zero-order valence-corrected chi connectivity index (χ0v) is 16.7. The van der Waals surface area contributed by atoms with Gasteiger partial charge in [-0.1, -0.05) is 0 Å². The molecule has 8 heteroatoms. The summed E-state index contributed by atoms with van der Waals surface area (Å²) in [5.41, 5.74) is 2.55. The van der Waals surface area contributed by atoms with Gasteiger partial charge in [-0.15, -0.1) is 0 Å². The van der Waals surface area contributed by atoms with Crippen molar-refractivity contribution in [2.45, 2.75) is 51.6 Å². The summed E-state index contributed by atoms with van der Waals surface area (Å²) in [5.74, 6) is 0.921. The van der Waals surface area contributed by atoms with Crippen molar-refractivity contribution in [3.63, 3.8) is 0 Å². The van der Waals surface area contributed by atoms with Crippen molar-refractivity contribution >= 4 is 11.9 Å². The third-order valence-corrected chi connectivity index (χ3v) is 5.19. The van der Waals surface area contributed by atoms with Crippen LogP contribution in [0.4, 0.5) is 0 Å². The Labute approximate surface area is 161 Å². The molecule has 1 aromatic heterocycles. The van der Waals surface area contributed by atoms with Crippen molar-refractivity contribution in [2.75, 3.05) is 39.9 Å². The number of fused-ring (bicyclic) bond motifs is 1. The second-order valence-electron chi connectivity index (χ2n) is 7.50. The van der Waals surface area contributed by atoms with Crippen molar-refractivity contribution in [3.05, 3.63) is 17.5 Å². The van der Waals surface area contributed by atoms with Crippen LogP contribution in [-0.2, 0) is 22.4 Å². The summed E-state index contributed by atoms with van der Waals surface area (Å²) in [6.07, 6.45) is 5.65. The number of rotatable bonds is 5. The SMILES string of the molecule is CN=C(NCCC(=O)N1CCOCC1)NC1CCc2cn(C(C)C)nc2C1. The number of aromatic nitrogens is 2. The van der Waals surface area contributed by atoms with Gasteiger partial charge in [-0.25, -0.2) is 0 Å². The van der Waals surface area contributed by atoms with E-state index in [2.05, 4.69) is 40.4 Å². The molecular weight excluding hydrogens is 344 g/mol. The molecule has 150 valence electrons. The van der Waals surface area contributed by atoms with Gasteiger partial charge in [0.25, 0.3) is 0 Å². The van der Waals surface area contributed by atoms with E-state index in [9.17, 15) is 4.79 Å². The van der Waals surface area contributed by atoms with E-state index in [1.807, 2.05) is 4.90 Å². The van der Waals surface area contributed by atoms with Crippen molar-refractivity contribution in [2.24, 2.45) is 4.99 Å². The van der Waals surface area contributed by atoms with Gasteiger partial charge in [0.1, 0.15) is 0 Å². The Morgan fingerprint density at radius 2 is 2.19 bits per heavy atom. The third-order valence-electron chi connectivity index (χ3n) is 5.19. The summed E-state index contributed by atoms with van der Waals surface area (Å²) >= 11 is 0. The standard InChI is InChI=1S/C19H32N6O2/c1-14(2)25-13-15-4-5-16(12-17(15)23-25)22-19(20-3)21-7-6-18(26)24-8-10-27-11-9-24/h13-14,16H,4-12H2,1-3H3,(H2,20,21,22).